The highest BCUT2D eigenvalue weighted by atomic mass is 19.1. The summed E-state index contributed by atoms with van der Waals surface area (Å²) >= 11 is 0. The minimum absolute atomic E-state index is 0.0484. The number of carbonyl (C=O) groups excluding carboxylic acids is 1. The molecule has 3 aromatic rings. The SMILES string of the molecule is C[C@H]1OC(c2ccc(OCCCO)cc2)=N[C@@]1(Cc1ccccc1N=[N+]=[N-])C(=O)NCc1cccc(F)c1. The van der Waals surface area contributed by atoms with Crippen LogP contribution in [0, 0.1) is 5.82 Å². The summed E-state index contributed by atoms with van der Waals surface area (Å²) in [6.45, 7) is 2.31. The van der Waals surface area contributed by atoms with Gasteiger partial charge in [0.25, 0.3) is 5.91 Å². The number of amides is 1. The van der Waals surface area contributed by atoms with Gasteiger partial charge in [0, 0.05) is 42.2 Å². The van der Waals surface area contributed by atoms with Gasteiger partial charge in [-0.3, -0.25) is 4.79 Å². The molecule has 0 spiro atoms. The van der Waals surface area contributed by atoms with Gasteiger partial charge in [-0.05, 0) is 60.0 Å². The Bertz CT molecular complexity index is 1360. The number of hydrogen-bond acceptors (Lipinski definition) is 6. The molecule has 38 heavy (non-hydrogen) atoms. The Kier molecular flexibility index (Phi) is 8.58. The molecule has 1 amide bonds. The van der Waals surface area contributed by atoms with Crippen molar-refractivity contribution in [3.05, 3.63) is 106 Å². The lowest BCUT2D eigenvalue weighted by molar-refractivity contribution is -0.128. The number of carbonyl (C=O) groups is 1. The van der Waals surface area contributed by atoms with E-state index in [-0.39, 0.29) is 19.6 Å². The normalized spacial score (nSPS) is 18.2. The molecular formula is C28H28FN5O4. The molecule has 0 radical (unpaired) electrons. The lowest BCUT2D eigenvalue weighted by atomic mass is 9.85. The predicted octanol–water partition coefficient (Wildman–Crippen LogP) is 4.99. The summed E-state index contributed by atoms with van der Waals surface area (Å²) in [4.78, 5) is 21.5. The Morgan fingerprint density at radius 3 is 2.74 bits per heavy atom. The number of nitrogens with one attached hydrogen (secondary N) is 1. The number of aliphatic hydroxyl groups is 1. The number of aliphatic hydroxyl groups excluding tert-OH is 1. The van der Waals surface area contributed by atoms with Crippen molar-refractivity contribution in [1.29, 1.82) is 0 Å². The molecular weight excluding hydrogens is 489 g/mol. The third-order valence-corrected chi connectivity index (χ3v) is 6.27. The molecule has 1 aliphatic heterocycles. The standard InChI is InChI=1S/C28H28FN5O4/c1-19-28(17-22-7-2-3-9-25(22)33-34-30,27(36)31-18-20-6-4-8-23(29)16-20)32-26(38-19)21-10-12-24(13-11-21)37-15-5-14-35/h2-4,6-13,16,19,35H,5,14-15,17-18H2,1H3,(H,31,36)/t19-,28-/m1/s1. The first-order valence-corrected chi connectivity index (χ1v) is 12.2. The van der Waals surface area contributed by atoms with Crippen LogP contribution in [0.15, 0.2) is 82.9 Å². The first-order chi connectivity index (χ1) is 18.4. The van der Waals surface area contributed by atoms with Gasteiger partial charge in [0.05, 0.1) is 6.61 Å². The highest BCUT2D eigenvalue weighted by Crippen LogP contribution is 2.35. The second-order valence-corrected chi connectivity index (χ2v) is 8.86. The Morgan fingerprint density at radius 2 is 2.00 bits per heavy atom. The lowest BCUT2D eigenvalue weighted by Crippen LogP contribution is -2.52. The number of halogens is 1. The predicted molar refractivity (Wildman–Crippen MR) is 141 cm³/mol. The smallest absolute Gasteiger partial charge is 0.252 e. The first kappa shape index (κ1) is 26.7. The molecule has 1 heterocycles. The van der Waals surface area contributed by atoms with Gasteiger partial charge in [-0.25, -0.2) is 9.38 Å². The van der Waals surface area contributed by atoms with Crippen LogP contribution in [-0.4, -0.2) is 41.8 Å². The van der Waals surface area contributed by atoms with Crippen molar-refractivity contribution < 1.29 is 23.8 Å². The van der Waals surface area contributed by atoms with Gasteiger partial charge < -0.3 is 19.9 Å². The second-order valence-electron chi connectivity index (χ2n) is 8.86. The second kappa shape index (κ2) is 12.2. The molecule has 0 bridgehead atoms. The summed E-state index contributed by atoms with van der Waals surface area (Å²) < 4.78 is 25.4. The lowest BCUT2D eigenvalue weighted by Gasteiger charge is -2.28. The minimum Gasteiger partial charge on any atom is -0.494 e. The van der Waals surface area contributed by atoms with Crippen molar-refractivity contribution in [2.75, 3.05) is 13.2 Å². The van der Waals surface area contributed by atoms with Crippen LogP contribution in [0.2, 0.25) is 0 Å². The molecule has 1 aliphatic rings. The number of azide groups is 1. The van der Waals surface area contributed by atoms with Gasteiger partial charge in [-0.15, -0.1) is 0 Å². The van der Waals surface area contributed by atoms with Crippen molar-refractivity contribution in [2.24, 2.45) is 10.1 Å². The van der Waals surface area contributed by atoms with Crippen molar-refractivity contribution in [1.82, 2.24) is 5.32 Å². The zero-order chi connectivity index (χ0) is 27.0. The van der Waals surface area contributed by atoms with Crippen LogP contribution in [0.5, 0.6) is 5.75 Å². The van der Waals surface area contributed by atoms with E-state index in [1.54, 1.807) is 67.6 Å². The maximum absolute atomic E-state index is 13.8. The number of ether oxygens (including phenoxy) is 2. The van der Waals surface area contributed by atoms with Crippen LogP contribution in [-0.2, 0) is 22.5 Å². The molecule has 0 unspecified atom stereocenters. The van der Waals surface area contributed by atoms with E-state index in [1.807, 2.05) is 0 Å². The van der Waals surface area contributed by atoms with Crippen molar-refractivity contribution in [3.63, 3.8) is 0 Å². The van der Waals surface area contributed by atoms with Gasteiger partial charge in [0.15, 0.2) is 5.54 Å². The van der Waals surface area contributed by atoms with Crippen molar-refractivity contribution in [2.45, 2.75) is 38.0 Å². The minimum atomic E-state index is -1.37. The molecule has 196 valence electrons. The molecule has 4 rings (SSSR count). The van der Waals surface area contributed by atoms with Crippen LogP contribution < -0.4 is 10.1 Å². The number of nitrogens with zero attached hydrogens (tertiary/aromatic N) is 4. The summed E-state index contributed by atoms with van der Waals surface area (Å²) in [6.07, 6.45) is -0.0197. The topological polar surface area (TPSA) is 129 Å². The average molecular weight is 518 g/mol. The maximum Gasteiger partial charge on any atom is 0.252 e. The Hall–Kier alpha value is -4.40. The highest BCUT2D eigenvalue weighted by Gasteiger charge is 2.50. The van der Waals surface area contributed by atoms with Crippen molar-refractivity contribution in [3.8, 4) is 5.75 Å². The fourth-order valence-corrected chi connectivity index (χ4v) is 4.22. The number of hydrogen-bond donors (Lipinski definition) is 2. The summed E-state index contributed by atoms with van der Waals surface area (Å²) in [5, 5.41) is 15.6. The third-order valence-electron chi connectivity index (χ3n) is 6.27. The molecule has 3 aromatic carbocycles. The Balaban J connectivity index is 1.66. The average Bonchev–Trinajstić information content (AvgIpc) is 3.26. The number of aliphatic imine (C=N–C) groups is 1. The Morgan fingerprint density at radius 1 is 1.21 bits per heavy atom. The molecule has 9 nitrogen and oxygen atoms in total. The van der Waals surface area contributed by atoms with E-state index in [1.165, 1.54) is 12.1 Å². The number of rotatable bonds is 11. The monoisotopic (exact) mass is 517 g/mol. The molecule has 10 heteroatoms. The van der Waals surface area contributed by atoms with Gasteiger partial charge in [0.1, 0.15) is 17.7 Å². The molecule has 0 saturated heterocycles. The molecule has 0 aliphatic carbocycles. The van der Waals surface area contributed by atoms with Crippen LogP contribution in [0.3, 0.4) is 0 Å². The maximum atomic E-state index is 13.8. The first-order valence-electron chi connectivity index (χ1n) is 12.2. The van der Waals surface area contributed by atoms with Gasteiger partial charge in [-0.2, -0.15) is 0 Å². The summed E-state index contributed by atoms with van der Waals surface area (Å²) in [7, 11) is 0. The zero-order valence-electron chi connectivity index (χ0n) is 20.9. The van der Waals surface area contributed by atoms with Crippen LogP contribution in [0.25, 0.3) is 10.4 Å². The number of benzene rings is 3. The highest BCUT2D eigenvalue weighted by molar-refractivity contribution is 6.01. The van der Waals surface area contributed by atoms with Crippen LogP contribution in [0.1, 0.15) is 30.0 Å². The Labute approximate surface area is 219 Å². The largest absolute Gasteiger partial charge is 0.494 e. The fourth-order valence-electron chi connectivity index (χ4n) is 4.22. The molecule has 0 aromatic heterocycles. The molecule has 2 N–H and O–H groups in total. The summed E-state index contributed by atoms with van der Waals surface area (Å²) in [6, 6.07) is 20.1. The van der Waals surface area contributed by atoms with E-state index >= 15 is 0 Å². The quantitative estimate of drug-likeness (QED) is 0.161. The van der Waals surface area contributed by atoms with Crippen LogP contribution in [0.4, 0.5) is 10.1 Å². The van der Waals surface area contributed by atoms with Crippen LogP contribution >= 0.6 is 0 Å². The van der Waals surface area contributed by atoms with E-state index in [0.29, 0.717) is 47.1 Å². The third kappa shape index (κ3) is 6.11. The van der Waals surface area contributed by atoms with E-state index in [4.69, 9.17) is 25.1 Å². The zero-order valence-corrected chi connectivity index (χ0v) is 20.9. The van der Waals surface area contributed by atoms with E-state index in [2.05, 4.69) is 15.3 Å². The van der Waals surface area contributed by atoms with Crippen molar-refractivity contribution >= 4 is 17.5 Å². The van der Waals surface area contributed by atoms with Gasteiger partial charge >= 0.3 is 0 Å². The van der Waals surface area contributed by atoms with E-state index in [9.17, 15) is 9.18 Å². The molecule has 2 atom stereocenters. The van der Waals surface area contributed by atoms with Gasteiger partial charge in [0.2, 0.25) is 5.90 Å². The summed E-state index contributed by atoms with van der Waals surface area (Å²) in [5.74, 6) is 0.137. The fraction of sp³-hybridized carbons (Fsp3) is 0.286. The van der Waals surface area contributed by atoms with Gasteiger partial charge in [-0.1, -0.05) is 41.5 Å². The molecule has 0 saturated carbocycles. The molecule has 0 fully saturated rings. The van der Waals surface area contributed by atoms with E-state index < -0.39 is 23.4 Å². The summed E-state index contributed by atoms with van der Waals surface area (Å²) in [5.41, 5.74) is 9.95. The van der Waals surface area contributed by atoms with E-state index in [0.717, 1.165) is 0 Å².